The number of carbonyl (C=O) groups is 1. The van der Waals surface area contributed by atoms with Gasteiger partial charge in [-0.25, -0.2) is 4.79 Å². The fourth-order valence-electron chi connectivity index (χ4n) is 3.99. The number of rotatable bonds is 5. The molecule has 4 rings (SSSR count). The number of carbonyl (C=O) groups excluding carboxylic acids is 1. The Kier molecular flexibility index (Phi) is 4.85. The Morgan fingerprint density at radius 3 is 2.96 bits per heavy atom. The minimum Gasteiger partial charge on any atom is -0.336 e. The molecule has 1 saturated carbocycles. The zero-order valence-corrected chi connectivity index (χ0v) is 16.0. The van der Waals surface area contributed by atoms with E-state index in [0.29, 0.717) is 24.0 Å². The van der Waals surface area contributed by atoms with E-state index < -0.39 is 0 Å². The third-order valence-corrected chi connectivity index (χ3v) is 5.44. The fourth-order valence-corrected chi connectivity index (χ4v) is 3.99. The van der Waals surface area contributed by atoms with Crippen LogP contribution in [0.15, 0.2) is 28.9 Å². The average molecular weight is 369 g/mol. The SMILES string of the molecule is CC(C)NC(=O)N1CCCC(CC2CC2)(c2noc(-c3ccccn3)n2)C1. The molecule has 1 N–H and O–H groups in total. The van der Waals surface area contributed by atoms with Gasteiger partial charge in [0, 0.05) is 25.3 Å². The predicted molar refractivity (Wildman–Crippen MR) is 101 cm³/mol. The standard InChI is InChI=1S/C20H27N5O2/c1-14(2)22-19(26)25-11-5-9-20(13-25,12-15-7-8-15)18-23-17(27-24-18)16-6-3-4-10-21-16/h3-4,6,10,14-15H,5,7-9,11-13H2,1-2H3,(H,22,26). The quantitative estimate of drug-likeness (QED) is 0.873. The van der Waals surface area contributed by atoms with Crippen molar-refractivity contribution in [3.8, 4) is 11.6 Å². The number of likely N-dealkylation sites (tertiary alicyclic amines) is 1. The monoisotopic (exact) mass is 369 g/mol. The molecule has 1 saturated heterocycles. The van der Waals surface area contributed by atoms with Crippen molar-refractivity contribution in [2.24, 2.45) is 5.92 Å². The summed E-state index contributed by atoms with van der Waals surface area (Å²) >= 11 is 0. The lowest BCUT2D eigenvalue weighted by Crippen LogP contribution is -2.53. The van der Waals surface area contributed by atoms with Gasteiger partial charge in [0.2, 0.25) is 0 Å². The van der Waals surface area contributed by atoms with Crippen LogP contribution in [0.5, 0.6) is 0 Å². The lowest BCUT2D eigenvalue weighted by molar-refractivity contribution is 0.133. The topological polar surface area (TPSA) is 84.2 Å². The van der Waals surface area contributed by atoms with Gasteiger partial charge in [0.1, 0.15) is 5.69 Å². The number of nitrogens with zero attached hydrogens (tertiary/aromatic N) is 4. The van der Waals surface area contributed by atoms with E-state index in [1.807, 2.05) is 36.9 Å². The van der Waals surface area contributed by atoms with Crippen LogP contribution in [0.2, 0.25) is 0 Å². The molecule has 2 amide bonds. The van der Waals surface area contributed by atoms with Crippen LogP contribution >= 0.6 is 0 Å². The molecule has 7 heteroatoms. The maximum atomic E-state index is 12.6. The van der Waals surface area contributed by atoms with E-state index in [9.17, 15) is 4.79 Å². The van der Waals surface area contributed by atoms with Crippen molar-refractivity contribution in [3.63, 3.8) is 0 Å². The van der Waals surface area contributed by atoms with Crippen LogP contribution in [-0.2, 0) is 5.41 Å². The summed E-state index contributed by atoms with van der Waals surface area (Å²) in [5.41, 5.74) is 0.451. The number of nitrogens with one attached hydrogen (secondary N) is 1. The maximum Gasteiger partial charge on any atom is 0.317 e. The van der Waals surface area contributed by atoms with Crippen molar-refractivity contribution in [1.82, 2.24) is 25.3 Å². The highest BCUT2D eigenvalue weighted by atomic mass is 16.5. The minimum absolute atomic E-state index is 0.00156. The van der Waals surface area contributed by atoms with Gasteiger partial charge >= 0.3 is 6.03 Å². The van der Waals surface area contributed by atoms with Crippen molar-refractivity contribution in [2.75, 3.05) is 13.1 Å². The molecule has 1 atom stereocenters. The van der Waals surface area contributed by atoms with Gasteiger partial charge in [-0.3, -0.25) is 4.98 Å². The normalized spacial score (nSPS) is 22.9. The summed E-state index contributed by atoms with van der Waals surface area (Å²) in [5.74, 6) is 1.87. The van der Waals surface area contributed by atoms with Gasteiger partial charge in [-0.05, 0) is 51.2 Å². The zero-order valence-electron chi connectivity index (χ0n) is 16.0. The highest BCUT2D eigenvalue weighted by Crippen LogP contribution is 2.45. The largest absolute Gasteiger partial charge is 0.336 e. The van der Waals surface area contributed by atoms with Crippen LogP contribution in [0.4, 0.5) is 4.79 Å². The van der Waals surface area contributed by atoms with Crippen LogP contribution in [0, 0.1) is 5.92 Å². The maximum absolute atomic E-state index is 12.6. The Morgan fingerprint density at radius 1 is 1.41 bits per heavy atom. The van der Waals surface area contributed by atoms with Gasteiger partial charge in [-0.15, -0.1) is 0 Å². The van der Waals surface area contributed by atoms with Gasteiger partial charge in [0.25, 0.3) is 5.89 Å². The molecule has 2 aromatic heterocycles. The fraction of sp³-hybridized carbons (Fsp3) is 0.600. The number of hydrogen-bond acceptors (Lipinski definition) is 5. The van der Waals surface area contributed by atoms with Crippen LogP contribution in [-0.4, -0.2) is 45.2 Å². The number of hydrogen-bond donors (Lipinski definition) is 1. The van der Waals surface area contributed by atoms with E-state index >= 15 is 0 Å². The molecule has 27 heavy (non-hydrogen) atoms. The van der Waals surface area contributed by atoms with E-state index in [1.54, 1.807) is 6.20 Å². The number of pyridine rings is 1. The van der Waals surface area contributed by atoms with Crippen LogP contribution in [0.1, 0.15) is 51.8 Å². The molecule has 1 aliphatic heterocycles. The minimum atomic E-state index is -0.232. The van der Waals surface area contributed by atoms with Gasteiger partial charge in [0.15, 0.2) is 5.82 Å². The number of piperidine rings is 1. The number of urea groups is 1. The Hall–Kier alpha value is -2.44. The van der Waals surface area contributed by atoms with Crippen molar-refractivity contribution < 1.29 is 9.32 Å². The smallest absolute Gasteiger partial charge is 0.317 e. The third kappa shape index (κ3) is 3.96. The third-order valence-electron chi connectivity index (χ3n) is 5.44. The van der Waals surface area contributed by atoms with E-state index in [2.05, 4.69) is 15.5 Å². The summed E-state index contributed by atoms with van der Waals surface area (Å²) in [4.78, 5) is 23.5. The summed E-state index contributed by atoms with van der Waals surface area (Å²) in [6, 6.07) is 5.76. The molecule has 2 aliphatic rings. The van der Waals surface area contributed by atoms with E-state index in [-0.39, 0.29) is 17.5 Å². The molecule has 144 valence electrons. The van der Waals surface area contributed by atoms with Crippen molar-refractivity contribution in [1.29, 1.82) is 0 Å². The molecular weight excluding hydrogens is 342 g/mol. The molecule has 2 aromatic rings. The first kappa shape index (κ1) is 17.9. The highest BCUT2D eigenvalue weighted by Gasteiger charge is 2.46. The van der Waals surface area contributed by atoms with Gasteiger partial charge in [0.05, 0.1) is 5.41 Å². The van der Waals surface area contributed by atoms with E-state index in [0.717, 1.165) is 31.6 Å². The molecule has 7 nitrogen and oxygen atoms in total. The zero-order chi connectivity index (χ0) is 18.9. The Balaban J connectivity index is 1.60. The Morgan fingerprint density at radius 2 is 2.26 bits per heavy atom. The molecule has 0 bridgehead atoms. The van der Waals surface area contributed by atoms with Crippen molar-refractivity contribution >= 4 is 6.03 Å². The van der Waals surface area contributed by atoms with Crippen LogP contribution < -0.4 is 5.32 Å². The lowest BCUT2D eigenvalue weighted by atomic mass is 9.75. The molecule has 0 aromatic carbocycles. The van der Waals surface area contributed by atoms with Gasteiger partial charge < -0.3 is 14.7 Å². The van der Waals surface area contributed by atoms with Crippen LogP contribution in [0.25, 0.3) is 11.6 Å². The van der Waals surface area contributed by atoms with Crippen molar-refractivity contribution in [2.45, 2.75) is 57.4 Å². The Labute approximate surface area is 159 Å². The summed E-state index contributed by atoms with van der Waals surface area (Å²) < 4.78 is 5.55. The molecule has 0 radical (unpaired) electrons. The summed E-state index contributed by atoms with van der Waals surface area (Å²) in [7, 11) is 0. The van der Waals surface area contributed by atoms with Crippen LogP contribution in [0.3, 0.4) is 0 Å². The number of amides is 2. The average Bonchev–Trinajstić information content (AvgIpc) is 3.32. The second-order valence-electron chi connectivity index (χ2n) is 8.20. The van der Waals surface area contributed by atoms with E-state index in [1.165, 1.54) is 12.8 Å². The summed E-state index contributed by atoms with van der Waals surface area (Å²) in [6.45, 7) is 5.38. The molecule has 2 fully saturated rings. The van der Waals surface area contributed by atoms with E-state index in [4.69, 9.17) is 9.51 Å². The second kappa shape index (κ2) is 7.29. The highest BCUT2D eigenvalue weighted by molar-refractivity contribution is 5.74. The van der Waals surface area contributed by atoms with Gasteiger partial charge in [-0.1, -0.05) is 24.1 Å². The molecule has 0 spiro atoms. The first-order valence-corrected chi connectivity index (χ1v) is 9.87. The molecular formula is C20H27N5O2. The second-order valence-corrected chi connectivity index (χ2v) is 8.20. The molecule has 1 unspecified atom stereocenters. The lowest BCUT2D eigenvalue weighted by Gasteiger charge is -2.41. The summed E-state index contributed by atoms with van der Waals surface area (Å²) in [5, 5.41) is 7.35. The summed E-state index contributed by atoms with van der Waals surface area (Å²) in [6.07, 6.45) is 7.18. The first-order chi connectivity index (χ1) is 13.1. The molecule has 3 heterocycles. The Bertz CT molecular complexity index is 787. The van der Waals surface area contributed by atoms with Gasteiger partial charge in [-0.2, -0.15) is 4.98 Å². The first-order valence-electron chi connectivity index (χ1n) is 9.87. The van der Waals surface area contributed by atoms with Crippen molar-refractivity contribution in [3.05, 3.63) is 30.2 Å². The predicted octanol–water partition coefficient (Wildman–Crippen LogP) is 3.38. The number of aromatic nitrogens is 3. The molecule has 1 aliphatic carbocycles.